The van der Waals surface area contributed by atoms with Crippen LogP contribution in [0.2, 0.25) is 0 Å². The Morgan fingerprint density at radius 2 is 1.92 bits per heavy atom. The fourth-order valence-electron chi connectivity index (χ4n) is 4.16. The highest BCUT2D eigenvalue weighted by molar-refractivity contribution is 5.99. The molecule has 3 N–H and O–H groups in total. The van der Waals surface area contributed by atoms with E-state index in [4.69, 9.17) is 0 Å². The molecule has 6 heteroatoms. The molecule has 1 saturated heterocycles. The third-order valence-electron chi connectivity index (χ3n) is 5.46. The molecule has 2 amide bonds. The van der Waals surface area contributed by atoms with Crippen molar-refractivity contribution in [1.82, 2.24) is 4.90 Å². The number of phenols is 1. The maximum atomic E-state index is 12.9. The Balaban J connectivity index is 1.76. The lowest BCUT2D eigenvalue weighted by atomic mass is 9.82. The van der Waals surface area contributed by atoms with Crippen LogP contribution in [0.5, 0.6) is 5.75 Å². The number of anilines is 1. The molecule has 2 fully saturated rings. The average Bonchev–Trinajstić information content (AvgIpc) is 3.10. The first-order chi connectivity index (χ1) is 12.0. The van der Waals surface area contributed by atoms with Crippen molar-refractivity contribution in [1.29, 1.82) is 0 Å². The Morgan fingerprint density at radius 1 is 1.20 bits per heavy atom. The van der Waals surface area contributed by atoms with Gasteiger partial charge in [-0.15, -0.1) is 0 Å². The summed E-state index contributed by atoms with van der Waals surface area (Å²) in [5.74, 6) is 0.0134. The van der Waals surface area contributed by atoms with E-state index in [2.05, 4.69) is 5.32 Å². The topological polar surface area (TPSA) is 89.9 Å². The Kier molecular flexibility index (Phi) is 5.27. The minimum absolute atomic E-state index is 0.0948. The maximum absolute atomic E-state index is 12.9. The van der Waals surface area contributed by atoms with Crippen molar-refractivity contribution >= 4 is 17.5 Å². The molecule has 0 bridgehead atoms. The molecule has 0 unspecified atom stereocenters. The molecule has 3 rings (SSSR count). The fourth-order valence-corrected chi connectivity index (χ4v) is 4.16. The van der Waals surface area contributed by atoms with Crippen molar-refractivity contribution in [3.8, 4) is 5.75 Å². The van der Waals surface area contributed by atoms with E-state index in [0.29, 0.717) is 31.1 Å². The van der Waals surface area contributed by atoms with E-state index in [1.807, 2.05) is 0 Å². The predicted octanol–water partition coefficient (Wildman–Crippen LogP) is 2.36. The zero-order valence-electron chi connectivity index (χ0n) is 14.6. The number of nitrogens with one attached hydrogen (secondary N) is 1. The second-order valence-electron chi connectivity index (χ2n) is 7.23. The number of amides is 2. The van der Waals surface area contributed by atoms with Crippen molar-refractivity contribution in [3.63, 3.8) is 0 Å². The number of carbonyl (C=O) groups is 2. The van der Waals surface area contributed by atoms with E-state index in [1.165, 1.54) is 31.9 Å². The Labute approximate surface area is 147 Å². The SMILES string of the molecule is CC(=O)Nc1ccc(O)c(C(=O)N2CC[C@@H](O)[C@H](C3CCCC3)C2)c1. The molecule has 1 aromatic carbocycles. The van der Waals surface area contributed by atoms with Gasteiger partial charge in [-0.25, -0.2) is 0 Å². The summed E-state index contributed by atoms with van der Waals surface area (Å²) in [5.41, 5.74) is 0.672. The summed E-state index contributed by atoms with van der Waals surface area (Å²) in [6, 6.07) is 4.50. The first kappa shape index (κ1) is 17.7. The van der Waals surface area contributed by atoms with Gasteiger partial charge >= 0.3 is 0 Å². The van der Waals surface area contributed by atoms with Gasteiger partial charge in [0.15, 0.2) is 0 Å². The number of likely N-dealkylation sites (tertiary alicyclic amines) is 1. The molecule has 1 aromatic rings. The number of aromatic hydroxyl groups is 1. The van der Waals surface area contributed by atoms with Crippen molar-refractivity contribution in [2.45, 2.75) is 45.1 Å². The highest BCUT2D eigenvalue weighted by Crippen LogP contribution is 2.37. The summed E-state index contributed by atoms with van der Waals surface area (Å²) < 4.78 is 0. The molecular formula is C19H26N2O4. The summed E-state index contributed by atoms with van der Waals surface area (Å²) in [6.45, 7) is 2.40. The molecule has 2 atom stereocenters. The van der Waals surface area contributed by atoms with Gasteiger partial charge in [0.25, 0.3) is 5.91 Å². The minimum atomic E-state index is -0.355. The number of piperidine rings is 1. The zero-order valence-corrected chi connectivity index (χ0v) is 14.6. The van der Waals surface area contributed by atoms with Crippen LogP contribution in [-0.4, -0.2) is 46.1 Å². The monoisotopic (exact) mass is 346 g/mol. The van der Waals surface area contributed by atoms with E-state index in [-0.39, 0.29) is 35.1 Å². The minimum Gasteiger partial charge on any atom is -0.507 e. The quantitative estimate of drug-likeness (QED) is 0.733. The van der Waals surface area contributed by atoms with Gasteiger partial charge in [-0.1, -0.05) is 25.7 Å². The summed E-state index contributed by atoms with van der Waals surface area (Å²) in [5, 5.41) is 23.1. The van der Waals surface area contributed by atoms with E-state index < -0.39 is 0 Å². The number of hydrogen-bond acceptors (Lipinski definition) is 4. The highest BCUT2D eigenvalue weighted by Gasteiger charge is 2.37. The maximum Gasteiger partial charge on any atom is 0.257 e. The van der Waals surface area contributed by atoms with Gasteiger partial charge < -0.3 is 20.4 Å². The third-order valence-corrected chi connectivity index (χ3v) is 5.46. The first-order valence-electron chi connectivity index (χ1n) is 9.03. The molecule has 0 aromatic heterocycles. The number of aliphatic hydroxyl groups excluding tert-OH is 1. The molecule has 6 nitrogen and oxygen atoms in total. The number of hydrogen-bond donors (Lipinski definition) is 3. The lowest BCUT2D eigenvalue weighted by molar-refractivity contribution is -0.114. The van der Waals surface area contributed by atoms with Gasteiger partial charge in [0, 0.05) is 31.6 Å². The normalized spacial score (nSPS) is 24.3. The number of aliphatic hydroxyl groups is 1. The number of phenolic OH excluding ortho intramolecular Hbond substituents is 1. The first-order valence-corrected chi connectivity index (χ1v) is 9.03. The van der Waals surface area contributed by atoms with Crippen LogP contribution in [-0.2, 0) is 4.79 Å². The number of carbonyl (C=O) groups excluding carboxylic acids is 2. The van der Waals surface area contributed by atoms with E-state index >= 15 is 0 Å². The van der Waals surface area contributed by atoms with Crippen LogP contribution in [0.3, 0.4) is 0 Å². The molecule has 1 aliphatic heterocycles. The van der Waals surface area contributed by atoms with Gasteiger partial charge in [0.2, 0.25) is 5.91 Å². The Bertz CT molecular complexity index is 655. The summed E-state index contributed by atoms with van der Waals surface area (Å²) in [4.78, 5) is 25.8. The summed E-state index contributed by atoms with van der Waals surface area (Å²) in [6.07, 6.45) is 4.84. The zero-order chi connectivity index (χ0) is 18.0. The molecule has 25 heavy (non-hydrogen) atoms. The second-order valence-corrected chi connectivity index (χ2v) is 7.23. The molecule has 2 aliphatic rings. The van der Waals surface area contributed by atoms with Crippen LogP contribution >= 0.6 is 0 Å². The highest BCUT2D eigenvalue weighted by atomic mass is 16.3. The number of benzene rings is 1. The fraction of sp³-hybridized carbons (Fsp3) is 0.579. The van der Waals surface area contributed by atoms with E-state index in [9.17, 15) is 19.8 Å². The van der Waals surface area contributed by atoms with Crippen LogP contribution < -0.4 is 5.32 Å². The average molecular weight is 346 g/mol. The lowest BCUT2D eigenvalue weighted by Gasteiger charge is -2.39. The number of nitrogens with zero attached hydrogens (tertiary/aromatic N) is 1. The summed E-state index contributed by atoms with van der Waals surface area (Å²) in [7, 11) is 0. The van der Waals surface area contributed by atoms with Crippen LogP contribution in [0.1, 0.15) is 49.4 Å². The van der Waals surface area contributed by atoms with E-state index in [0.717, 1.165) is 12.8 Å². The van der Waals surface area contributed by atoms with Crippen LogP contribution in [0.25, 0.3) is 0 Å². The molecule has 1 aliphatic carbocycles. The standard InChI is InChI=1S/C19H26N2O4/c1-12(22)20-14-6-7-17(23)15(10-14)19(25)21-9-8-18(24)16(11-21)13-4-2-3-5-13/h6-7,10,13,16,18,23-24H,2-5,8-9,11H2,1H3,(H,20,22)/t16-,18+/m0/s1. The largest absolute Gasteiger partial charge is 0.507 e. The van der Waals surface area contributed by atoms with Gasteiger partial charge in [-0.2, -0.15) is 0 Å². The van der Waals surface area contributed by atoms with Gasteiger partial charge in [-0.3, -0.25) is 9.59 Å². The molecule has 1 saturated carbocycles. The van der Waals surface area contributed by atoms with Crippen molar-refractivity contribution in [2.75, 3.05) is 18.4 Å². The lowest BCUT2D eigenvalue weighted by Crippen LogP contribution is -2.48. The molecular weight excluding hydrogens is 320 g/mol. The molecule has 0 spiro atoms. The van der Waals surface area contributed by atoms with E-state index in [1.54, 1.807) is 11.0 Å². The van der Waals surface area contributed by atoms with Gasteiger partial charge in [0.05, 0.1) is 11.7 Å². The predicted molar refractivity (Wildman–Crippen MR) is 94.4 cm³/mol. The summed E-state index contributed by atoms with van der Waals surface area (Å²) >= 11 is 0. The van der Waals surface area contributed by atoms with Crippen molar-refractivity contribution in [2.24, 2.45) is 11.8 Å². The Morgan fingerprint density at radius 3 is 2.60 bits per heavy atom. The Hall–Kier alpha value is -2.08. The van der Waals surface area contributed by atoms with Crippen molar-refractivity contribution < 1.29 is 19.8 Å². The molecule has 1 heterocycles. The van der Waals surface area contributed by atoms with Crippen LogP contribution in [0.4, 0.5) is 5.69 Å². The third kappa shape index (κ3) is 3.95. The molecule has 0 radical (unpaired) electrons. The van der Waals surface area contributed by atoms with Gasteiger partial charge in [0.1, 0.15) is 5.75 Å². The number of rotatable bonds is 3. The van der Waals surface area contributed by atoms with Crippen LogP contribution in [0, 0.1) is 11.8 Å². The molecule has 136 valence electrons. The second kappa shape index (κ2) is 7.44. The van der Waals surface area contributed by atoms with Gasteiger partial charge in [-0.05, 0) is 30.5 Å². The van der Waals surface area contributed by atoms with Crippen LogP contribution in [0.15, 0.2) is 18.2 Å². The van der Waals surface area contributed by atoms with Crippen molar-refractivity contribution in [3.05, 3.63) is 23.8 Å². The smallest absolute Gasteiger partial charge is 0.257 e.